The van der Waals surface area contributed by atoms with Crippen LogP contribution in [-0.2, 0) is 0 Å². The summed E-state index contributed by atoms with van der Waals surface area (Å²) in [5.41, 5.74) is 24.7. The fourth-order valence-electron chi connectivity index (χ4n) is 3.71. The second-order valence-electron chi connectivity index (χ2n) is 6.51. The van der Waals surface area contributed by atoms with E-state index in [9.17, 15) is 0 Å². The van der Waals surface area contributed by atoms with Gasteiger partial charge >= 0.3 is 0 Å². The van der Waals surface area contributed by atoms with Crippen molar-refractivity contribution in [2.24, 2.45) is 0 Å². The van der Waals surface area contributed by atoms with Crippen molar-refractivity contribution in [2.75, 3.05) is 11.5 Å². The number of hydrogen-bond acceptors (Lipinski definition) is 3. The molecule has 0 unspecified atom stereocenters. The van der Waals surface area contributed by atoms with Gasteiger partial charge in [0.05, 0.1) is 0 Å². The van der Waals surface area contributed by atoms with E-state index in [2.05, 4.69) is 44.3 Å². The van der Waals surface area contributed by atoms with Gasteiger partial charge in [-0.15, -0.1) is 0 Å². The van der Waals surface area contributed by atoms with Gasteiger partial charge < -0.3 is 16.8 Å². The summed E-state index contributed by atoms with van der Waals surface area (Å²) >= 11 is 0. The zero-order chi connectivity index (χ0) is 17.0. The van der Waals surface area contributed by atoms with E-state index in [0.717, 1.165) is 28.2 Å². The van der Waals surface area contributed by atoms with Crippen LogP contribution in [0.3, 0.4) is 0 Å². The van der Waals surface area contributed by atoms with Gasteiger partial charge in [0.25, 0.3) is 0 Å². The van der Waals surface area contributed by atoms with Crippen LogP contribution in [0.25, 0.3) is 16.7 Å². The Bertz CT molecular complexity index is 916. The summed E-state index contributed by atoms with van der Waals surface area (Å²) in [6.07, 6.45) is 6.12. The standard InChI is InChI=1S/C21H21N3/c1-11-5-4-10-24-21(11)20-18-12(2)16(22)8-6-14(18)15-7-9-17(23)13(3)19(15)20/h4-10,24H,22-23H2,1-3H3. The maximum atomic E-state index is 6.23. The third kappa shape index (κ3) is 1.84. The number of benzene rings is 2. The molecule has 2 aromatic carbocycles. The SMILES string of the molecule is CC1=CC=CNC1=C1c2c(ccc(N)c2C)-c2ccc(N)c(C)c21. The minimum absolute atomic E-state index is 0.818. The highest BCUT2D eigenvalue weighted by molar-refractivity contribution is 6.06. The Kier molecular flexibility index (Phi) is 3.07. The number of fused-ring (bicyclic) bond motifs is 3. The van der Waals surface area contributed by atoms with E-state index in [1.807, 2.05) is 24.4 Å². The van der Waals surface area contributed by atoms with Crippen LogP contribution in [0, 0.1) is 13.8 Å². The zero-order valence-corrected chi connectivity index (χ0v) is 14.2. The average molecular weight is 315 g/mol. The minimum atomic E-state index is 0.818. The fourth-order valence-corrected chi connectivity index (χ4v) is 3.71. The average Bonchev–Trinajstić information content (AvgIpc) is 2.90. The van der Waals surface area contributed by atoms with E-state index in [0.29, 0.717) is 0 Å². The van der Waals surface area contributed by atoms with Gasteiger partial charge in [-0.2, -0.15) is 0 Å². The molecule has 24 heavy (non-hydrogen) atoms. The number of dihydropyridines is 1. The van der Waals surface area contributed by atoms with E-state index < -0.39 is 0 Å². The first kappa shape index (κ1) is 14.6. The number of rotatable bonds is 0. The maximum absolute atomic E-state index is 6.23. The van der Waals surface area contributed by atoms with Crippen LogP contribution in [0.4, 0.5) is 11.4 Å². The summed E-state index contributed by atoms with van der Waals surface area (Å²) in [5.74, 6) is 0. The lowest BCUT2D eigenvalue weighted by Gasteiger charge is -2.19. The molecule has 0 aromatic heterocycles. The summed E-state index contributed by atoms with van der Waals surface area (Å²) in [4.78, 5) is 0. The summed E-state index contributed by atoms with van der Waals surface area (Å²) in [6, 6.07) is 8.23. The lowest BCUT2D eigenvalue weighted by molar-refractivity contribution is 1.05. The Balaban J connectivity index is 2.18. The third-order valence-corrected chi connectivity index (χ3v) is 5.12. The zero-order valence-electron chi connectivity index (χ0n) is 14.2. The summed E-state index contributed by atoms with van der Waals surface area (Å²) in [7, 11) is 0. The smallest absolute Gasteiger partial charge is 0.0495 e. The molecule has 3 nitrogen and oxygen atoms in total. The molecule has 3 heteroatoms. The van der Waals surface area contributed by atoms with Gasteiger partial charge in [0.2, 0.25) is 0 Å². The predicted molar refractivity (Wildman–Crippen MR) is 102 cm³/mol. The molecule has 5 N–H and O–H groups in total. The van der Waals surface area contributed by atoms with Gasteiger partial charge in [-0.3, -0.25) is 0 Å². The van der Waals surface area contributed by atoms with Crippen molar-refractivity contribution < 1.29 is 0 Å². The molecule has 0 bridgehead atoms. The Morgan fingerprint density at radius 1 is 0.792 bits per heavy atom. The molecule has 0 saturated heterocycles. The highest BCUT2D eigenvalue weighted by Crippen LogP contribution is 2.50. The van der Waals surface area contributed by atoms with Gasteiger partial charge in [-0.1, -0.05) is 18.2 Å². The first-order chi connectivity index (χ1) is 11.5. The molecular formula is C21H21N3. The number of anilines is 2. The summed E-state index contributed by atoms with van der Waals surface area (Å²) in [5, 5.41) is 3.44. The molecule has 1 aliphatic heterocycles. The Labute approximate surface area is 142 Å². The topological polar surface area (TPSA) is 64.1 Å². The second kappa shape index (κ2) is 5.03. The molecule has 1 aliphatic carbocycles. The highest BCUT2D eigenvalue weighted by Gasteiger charge is 2.31. The molecule has 0 amide bonds. The number of hydrogen-bond donors (Lipinski definition) is 3. The Hall–Kier alpha value is -2.94. The first-order valence-electron chi connectivity index (χ1n) is 8.14. The van der Waals surface area contributed by atoms with Crippen molar-refractivity contribution in [1.29, 1.82) is 0 Å². The minimum Gasteiger partial charge on any atom is -0.398 e. The highest BCUT2D eigenvalue weighted by atomic mass is 14.9. The lowest BCUT2D eigenvalue weighted by atomic mass is 9.91. The molecule has 1 heterocycles. The van der Waals surface area contributed by atoms with Crippen LogP contribution in [0.2, 0.25) is 0 Å². The summed E-state index contributed by atoms with van der Waals surface area (Å²) < 4.78 is 0. The number of nitrogens with one attached hydrogen (secondary N) is 1. The fraction of sp³-hybridized carbons (Fsp3) is 0.143. The number of nitrogens with two attached hydrogens (primary N) is 2. The lowest BCUT2D eigenvalue weighted by Crippen LogP contribution is -2.13. The van der Waals surface area contributed by atoms with Gasteiger partial charge in [0, 0.05) is 28.8 Å². The largest absolute Gasteiger partial charge is 0.398 e. The number of nitrogen functional groups attached to an aromatic ring is 2. The van der Waals surface area contributed by atoms with Gasteiger partial charge in [-0.25, -0.2) is 0 Å². The normalized spacial score (nSPS) is 15.0. The maximum Gasteiger partial charge on any atom is 0.0495 e. The van der Waals surface area contributed by atoms with E-state index in [-0.39, 0.29) is 0 Å². The molecular weight excluding hydrogens is 294 g/mol. The quantitative estimate of drug-likeness (QED) is 0.543. The van der Waals surface area contributed by atoms with E-state index in [1.165, 1.54) is 33.4 Å². The van der Waals surface area contributed by atoms with E-state index in [1.54, 1.807) is 0 Å². The second-order valence-corrected chi connectivity index (χ2v) is 6.51. The molecule has 0 saturated carbocycles. The molecule has 0 radical (unpaired) electrons. The van der Waals surface area contributed by atoms with Gasteiger partial charge in [-0.05, 0) is 77.9 Å². The van der Waals surface area contributed by atoms with Crippen molar-refractivity contribution >= 4 is 16.9 Å². The molecule has 0 fully saturated rings. The van der Waals surface area contributed by atoms with Crippen LogP contribution >= 0.6 is 0 Å². The van der Waals surface area contributed by atoms with Crippen LogP contribution < -0.4 is 16.8 Å². The van der Waals surface area contributed by atoms with E-state index in [4.69, 9.17) is 11.5 Å². The monoisotopic (exact) mass is 315 g/mol. The molecule has 0 atom stereocenters. The van der Waals surface area contributed by atoms with Gasteiger partial charge in [0.1, 0.15) is 0 Å². The van der Waals surface area contributed by atoms with Crippen LogP contribution in [-0.4, -0.2) is 0 Å². The predicted octanol–water partition coefficient (Wildman–Crippen LogP) is 4.27. The Morgan fingerprint density at radius 2 is 1.33 bits per heavy atom. The van der Waals surface area contributed by atoms with Crippen molar-refractivity contribution in [1.82, 2.24) is 5.32 Å². The number of allylic oxidation sites excluding steroid dienone is 3. The molecule has 0 spiro atoms. The van der Waals surface area contributed by atoms with Crippen molar-refractivity contribution in [3.05, 3.63) is 76.1 Å². The van der Waals surface area contributed by atoms with Gasteiger partial charge in [0.15, 0.2) is 0 Å². The van der Waals surface area contributed by atoms with Crippen molar-refractivity contribution in [3.8, 4) is 11.1 Å². The summed E-state index contributed by atoms with van der Waals surface area (Å²) in [6.45, 7) is 6.31. The van der Waals surface area contributed by atoms with Crippen LogP contribution in [0.5, 0.6) is 0 Å². The molecule has 2 aliphatic rings. The third-order valence-electron chi connectivity index (χ3n) is 5.12. The first-order valence-corrected chi connectivity index (χ1v) is 8.14. The van der Waals surface area contributed by atoms with E-state index >= 15 is 0 Å². The van der Waals surface area contributed by atoms with Crippen molar-refractivity contribution in [3.63, 3.8) is 0 Å². The van der Waals surface area contributed by atoms with Crippen LogP contribution in [0.1, 0.15) is 29.2 Å². The molecule has 120 valence electrons. The molecule has 2 aromatic rings. The van der Waals surface area contributed by atoms with Crippen molar-refractivity contribution in [2.45, 2.75) is 20.8 Å². The van der Waals surface area contributed by atoms with Crippen LogP contribution in [0.15, 0.2) is 53.9 Å². The molecule has 4 rings (SSSR count). The Morgan fingerprint density at radius 3 is 1.83 bits per heavy atom.